The highest BCUT2D eigenvalue weighted by atomic mass is 32.2. The SMILES string of the molecule is N#CCSCc1nc(C2CCCCS2)no1. The van der Waals surface area contributed by atoms with Crippen molar-refractivity contribution in [2.45, 2.75) is 30.3 Å². The topological polar surface area (TPSA) is 62.7 Å². The third kappa shape index (κ3) is 3.16. The molecule has 1 aromatic heterocycles. The molecule has 0 spiro atoms. The molecule has 0 saturated carbocycles. The summed E-state index contributed by atoms with van der Waals surface area (Å²) in [6.07, 6.45) is 3.70. The number of hydrogen-bond acceptors (Lipinski definition) is 6. The summed E-state index contributed by atoms with van der Waals surface area (Å²) in [5, 5.41) is 12.8. The van der Waals surface area contributed by atoms with Gasteiger partial charge in [-0.3, -0.25) is 0 Å². The van der Waals surface area contributed by atoms with Gasteiger partial charge in [0.25, 0.3) is 0 Å². The Kier molecular flexibility index (Phi) is 4.55. The minimum atomic E-state index is 0.409. The minimum absolute atomic E-state index is 0.409. The molecule has 0 aliphatic carbocycles. The normalized spacial score (nSPS) is 20.6. The van der Waals surface area contributed by atoms with Crippen LogP contribution in [0.25, 0.3) is 0 Å². The lowest BCUT2D eigenvalue weighted by molar-refractivity contribution is 0.383. The van der Waals surface area contributed by atoms with E-state index in [-0.39, 0.29) is 0 Å². The van der Waals surface area contributed by atoms with Gasteiger partial charge in [0.2, 0.25) is 5.89 Å². The maximum atomic E-state index is 8.41. The molecule has 0 radical (unpaired) electrons. The predicted molar refractivity (Wildman–Crippen MR) is 65.1 cm³/mol. The molecule has 1 aliphatic heterocycles. The van der Waals surface area contributed by atoms with Crippen LogP contribution < -0.4 is 0 Å². The van der Waals surface area contributed by atoms with Crippen molar-refractivity contribution in [3.05, 3.63) is 11.7 Å². The highest BCUT2D eigenvalue weighted by Gasteiger charge is 2.21. The van der Waals surface area contributed by atoms with Crippen LogP contribution in [0.1, 0.15) is 36.2 Å². The Balaban J connectivity index is 1.88. The molecule has 0 aromatic carbocycles. The Labute approximate surface area is 103 Å². The first-order valence-electron chi connectivity index (χ1n) is 5.29. The first-order valence-corrected chi connectivity index (χ1v) is 7.49. The van der Waals surface area contributed by atoms with Crippen LogP contribution >= 0.6 is 23.5 Å². The number of thioether (sulfide) groups is 2. The summed E-state index contributed by atoms with van der Waals surface area (Å²) in [6, 6.07) is 2.08. The van der Waals surface area contributed by atoms with Crippen molar-refractivity contribution in [1.82, 2.24) is 10.1 Å². The zero-order valence-electron chi connectivity index (χ0n) is 8.89. The van der Waals surface area contributed by atoms with Crippen LogP contribution in [-0.4, -0.2) is 21.6 Å². The second-order valence-corrected chi connectivity index (χ2v) is 5.85. The number of aromatic nitrogens is 2. The van der Waals surface area contributed by atoms with E-state index in [9.17, 15) is 0 Å². The summed E-state index contributed by atoms with van der Waals surface area (Å²) in [5.41, 5.74) is 0. The van der Waals surface area contributed by atoms with Gasteiger partial charge < -0.3 is 4.52 Å². The Morgan fingerprint density at radius 1 is 1.56 bits per heavy atom. The number of rotatable bonds is 4. The predicted octanol–water partition coefficient (Wildman–Crippen LogP) is 2.78. The molecule has 0 bridgehead atoms. The Hall–Kier alpha value is -0.670. The Bertz CT molecular complexity index is 368. The van der Waals surface area contributed by atoms with Gasteiger partial charge in [-0.05, 0) is 18.6 Å². The van der Waals surface area contributed by atoms with Crippen LogP contribution in [0.15, 0.2) is 4.52 Å². The van der Waals surface area contributed by atoms with Crippen molar-refractivity contribution >= 4 is 23.5 Å². The lowest BCUT2D eigenvalue weighted by atomic mass is 10.2. The standard InChI is InChI=1S/C10H13N3OS2/c11-4-6-15-7-9-12-10(13-14-9)8-3-1-2-5-16-8/h8H,1-3,5-7H2. The van der Waals surface area contributed by atoms with Gasteiger partial charge in [-0.1, -0.05) is 11.6 Å². The summed E-state index contributed by atoms with van der Waals surface area (Å²) < 4.78 is 5.16. The van der Waals surface area contributed by atoms with Gasteiger partial charge in [0, 0.05) is 0 Å². The molecule has 2 heterocycles. The van der Waals surface area contributed by atoms with E-state index in [4.69, 9.17) is 9.78 Å². The number of hydrogen-bond donors (Lipinski definition) is 0. The molecule has 16 heavy (non-hydrogen) atoms. The van der Waals surface area contributed by atoms with E-state index < -0.39 is 0 Å². The van der Waals surface area contributed by atoms with Crippen LogP contribution in [0.5, 0.6) is 0 Å². The monoisotopic (exact) mass is 255 g/mol. The molecule has 1 aromatic rings. The van der Waals surface area contributed by atoms with Crippen molar-refractivity contribution in [3.63, 3.8) is 0 Å². The highest BCUT2D eigenvalue weighted by Crippen LogP contribution is 2.36. The highest BCUT2D eigenvalue weighted by molar-refractivity contribution is 7.99. The first kappa shape index (κ1) is 11.8. The van der Waals surface area contributed by atoms with Gasteiger partial charge in [-0.2, -0.15) is 22.0 Å². The van der Waals surface area contributed by atoms with E-state index in [1.54, 1.807) is 0 Å². The molecule has 0 amide bonds. The van der Waals surface area contributed by atoms with Crippen molar-refractivity contribution in [3.8, 4) is 6.07 Å². The summed E-state index contributed by atoms with van der Waals surface area (Å²) in [7, 11) is 0. The molecule has 1 fully saturated rings. The fraction of sp³-hybridized carbons (Fsp3) is 0.700. The molecular weight excluding hydrogens is 242 g/mol. The van der Waals surface area contributed by atoms with Crippen LogP contribution in [0, 0.1) is 11.3 Å². The van der Waals surface area contributed by atoms with Crippen molar-refractivity contribution in [2.75, 3.05) is 11.5 Å². The summed E-state index contributed by atoms with van der Waals surface area (Å²) in [6.45, 7) is 0. The fourth-order valence-electron chi connectivity index (χ4n) is 1.59. The van der Waals surface area contributed by atoms with Crippen LogP contribution in [0.4, 0.5) is 0 Å². The zero-order valence-corrected chi connectivity index (χ0v) is 10.5. The molecule has 1 atom stereocenters. The van der Waals surface area contributed by atoms with E-state index in [1.807, 2.05) is 11.8 Å². The number of nitriles is 1. The third-order valence-corrected chi connectivity index (χ3v) is 4.50. The second kappa shape index (κ2) is 6.16. The molecule has 4 nitrogen and oxygen atoms in total. The molecular formula is C10H13N3OS2. The van der Waals surface area contributed by atoms with Crippen molar-refractivity contribution < 1.29 is 4.52 Å². The van der Waals surface area contributed by atoms with Gasteiger partial charge in [0.05, 0.1) is 22.8 Å². The molecule has 1 saturated heterocycles. The van der Waals surface area contributed by atoms with E-state index in [1.165, 1.54) is 30.4 Å². The molecule has 86 valence electrons. The maximum Gasteiger partial charge on any atom is 0.236 e. The van der Waals surface area contributed by atoms with E-state index >= 15 is 0 Å². The summed E-state index contributed by atoms with van der Waals surface area (Å²) >= 11 is 3.42. The molecule has 1 aliphatic rings. The van der Waals surface area contributed by atoms with Gasteiger partial charge in [0.1, 0.15) is 0 Å². The summed E-state index contributed by atoms with van der Waals surface area (Å²) in [4.78, 5) is 4.38. The van der Waals surface area contributed by atoms with E-state index in [0.717, 1.165) is 12.2 Å². The minimum Gasteiger partial charge on any atom is -0.338 e. The largest absolute Gasteiger partial charge is 0.338 e. The second-order valence-electron chi connectivity index (χ2n) is 3.55. The van der Waals surface area contributed by atoms with Gasteiger partial charge in [0.15, 0.2) is 5.82 Å². The van der Waals surface area contributed by atoms with Crippen molar-refractivity contribution in [2.24, 2.45) is 0 Å². The fourth-order valence-corrected chi connectivity index (χ4v) is 3.30. The maximum absolute atomic E-state index is 8.41. The van der Waals surface area contributed by atoms with Gasteiger partial charge in [-0.15, -0.1) is 11.8 Å². The van der Waals surface area contributed by atoms with Crippen LogP contribution in [0.2, 0.25) is 0 Å². The Morgan fingerprint density at radius 2 is 2.50 bits per heavy atom. The quantitative estimate of drug-likeness (QED) is 0.771. The van der Waals surface area contributed by atoms with Crippen LogP contribution in [0.3, 0.4) is 0 Å². The first-order chi connectivity index (χ1) is 7.90. The lowest BCUT2D eigenvalue weighted by Crippen LogP contribution is -2.03. The van der Waals surface area contributed by atoms with E-state index in [0.29, 0.717) is 22.6 Å². The van der Waals surface area contributed by atoms with E-state index in [2.05, 4.69) is 16.2 Å². The van der Waals surface area contributed by atoms with Crippen LogP contribution in [-0.2, 0) is 5.75 Å². The molecule has 6 heteroatoms. The molecule has 2 rings (SSSR count). The summed E-state index contributed by atoms with van der Waals surface area (Å²) in [5.74, 6) is 3.77. The lowest BCUT2D eigenvalue weighted by Gasteiger charge is -2.17. The van der Waals surface area contributed by atoms with Gasteiger partial charge in [-0.25, -0.2) is 0 Å². The average Bonchev–Trinajstić information content (AvgIpc) is 2.79. The molecule has 0 N–H and O–H groups in total. The van der Waals surface area contributed by atoms with Gasteiger partial charge >= 0.3 is 0 Å². The number of nitrogens with zero attached hydrogens (tertiary/aromatic N) is 3. The average molecular weight is 255 g/mol. The Morgan fingerprint density at radius 3 is 3.25 bits per heavy atom. The zero-order chi connectivity index (χ0) is 11.2. The third-order valence-electron chi connectivity index (χ3n) is 2.34. The van der Waals surface area contributed by atoms with Crippen molar-refractivity contribution in [1.29, 1.82) is 5.26 Å². The molecule has 1 unspecified atom stereocenters. The smallest absolute Gasteiger partial charge is 0.236 e.